The Bertz CT molecular complexity index is 5200. The lowest BCUT2D eigenvalue weighted by Gasteiger charge is -2.26. The molecule has 0 atom stereocenters. The molecule has 0 unspecified atom stereocenters. The van der Waals surface area contributed by atoms with Crippen LogP contribution in [0, 0.1) is 23.3 Å². The minimum Gasteiger partial charge on any atom is -0.310 e. The Hall–Kier alpha value is -11.6. The predicted octanol–water partition coefficient (Wildman–Crippen LogP) is 22.4. The number of anilines is 12. The van der Waals surface area contributed by atoms with E-state index in [0.29, 0.717) is 22.7 Å². The Morgan fingerprint density at radius 1 is 0.182 bits per heavy atom. The fourth-order valence-corrected chi connectivity index (χ4v) is 13.6. The second kappa shape index (κ2) is 20.0. The Balaban J connectivity index is 0.988. The third kappa shape index (κ3) is 8.10. The van der Waals surface area contributed by atoms with Crippen molar-refractivity contribution in [1.29, 1.82) is 0 Å². The summed E-state index contributed by atoms with van der Waals surface area (Å²) in [7, 11) is 0. The normalized spacial score (nSPS) is 11.9. The second-order valence-electron chi connectivity index (χ2n) is 22.3. The molecule has 10 heteroatoms. The molecular formula is C78H48F4N6. The highest BCUT2D eigenvalue weighted by atomic mass is 19.1. The molecule has 4 heterocycles. The van der Waals surface area contributed by atoms with E-state index in [-0.39, 0.29) is 23.3 Å². The zero-order valence-electron chi connectivity index (χ0n) is 46.9. The van der Waals surface area contributed by atoms with Crippen LogP contribution in [-0.4, -0.2) is 8.80 Å². The van der Waals surface area contributed by atoms with Gasteiger partial charge in [-0.2, -0.15) is 0 Å². The van der Waals surface area contributed by atoms with Crippen LogP contribution in [0.15, 0.2) is 291 Å². The summed E-state index contributed by atoms with van der Waals surface area (Å²) in [6, 6.07) is 93.3. The Kier molecular flexibility index (Phi) is 11.6. The van der Waals surface area contributed by atoms with Gasteiger partial charge in [-0.1, -0.05) is 97.1 Å². The van der Waals surface area contributed by atoms with Crippen molar-refractivity contribution in [1.82, 2.24) is 8.80 Å². The summed E-state index contributed by atoms with van der Waals surface area (Å²) in [6.07, 6.45) is 0. The van der Waals surface area contributed by atoms with Crippen LogP contribution in [0.4, 0.5) is 85.8 Å². The summed E-state index contributed by atoms with van der Waals surface area (Å²) in [5, 5.41) is 7.91. The fourth-order valence-electron chi connectivity index (χ4n) is 13.6. The van der Waals surface area contributed by atoms with Crippen molar-refractivity contribution < 1.29 is 17.6 Å². The lowest BCUT2D eigenvalue weighted by Crippen LogP contribution is -2.10. The van der Waals surface area contributed by atoms with Crippen molar-refractivity contribution in [2.24, 2.45) is 0 Å². The Morgan fingerprint density at radius 3 is 0.727 bits per heavy atom. The third-order valence-corrected chi connectivity index (χ3v) is 17.2. The van der Waals surface area contributed by atoms with Gasteiger partial charge in [-0.15, -0.1) is 0 Å². The summed E-state index contributed by atoms with van der Waals surface area (Å²) in [6.45, 7) is 0. The number of hydrogen-bond acceptors (Lipinski definition) is 4. The van der Waals surface area contributed by atoms with E-state index < -0.39 is 0 Å². The van der Waals surface area contributed by atoms with Gasteiger partial charge in [0.25, 0.3) is 0 Å². The number of aromatic nitrogens is 2. The van der Waals surface area contributed by atoms with Gasteiger partial charge in [0.05, 0.1) is 33.1 Å². The van der Waals surface area contributed by atoms with E-state index in [1.165, 1.54) is 24.3 Å². The van der Waals surface area contributed by atoms with Crippen LogP contribution in [0.3, 0.4) is 0 Å². The topological polar surface area (TPSA) is 21.8 Å². The molecule has 0 saturated carbocycles. The van der Waals surface area contributed by atoms with Crippen LogP contribution in [0.25, 0.3) is 76.2 Å². The number of nitrogens with zero attached hydrogens (tertiary/aromatic N) is 6. The molecule has 4 aromatic heterocycles. The average molecular weight is 1150 g/mol. The first-order valence-electron chi connectivity index (χ1n) is 29.1. The highest BCUT2D eigenvalue weighted by Crippen LogP contribution is 2.51. The minimum atomic E-state index is -0.353. The molecule has 88 heavy (non-hydrogen) atoms. The first-order chi connectivity index (χ1) is 43.3. The Labute approximate surface area is 502 Å². The summed E-state index contributed by atoms with van der Waals surface area (Å²) in [5.41, 5.74) is 15.4. The van der Waals surface area contributed by atoms with Crippen LogP contribution in [-0.2, 0) is 0 Å². The third-order valence-electron chi connectivity index (χ3n) is 17.2. The summed E-state index contributed by atoms with van der Waals surface area (Å²) in [4.78, 5) is 8.38. The summed E-state index contributed by atoms with van der Waals surface area (Å²) >= 11 is 0. The molecule has 0 aliphatic heterocycles. The van der Waals surface area contributed by atoms with Crippen molar-refractivity contribution in [2.45, 2.75) is 0 Å². The SMILES string of the molecule is Fc1cccc(N(c2ccccc2)c2ccc3c(c2)c2cc(N(c4ccccc4)c4cccc(F)c4)cc4c5cc6c7cc(N(c8ccccc8)c8cccc(F)c8)cc8c9cc(N(c%10ccccc%10)c%10cccc(F)c%10)ccc9n(c6cc5n3c24)c87)c1. The van der Waals surface area contributed by atoms with Crippen molar-refractivity contribution in [2.75, 3.05) is 19.6 Å². The molecule has 6 nitrogen and oxygen atoms in total. The maximum atomic E-state index is 15.6. The number of para-hydroxylation sites is 4. The van der Waals surface area contributed by atoms with E-state index in [0.717, 1.165) is 122 Å². The molecule has 0 aliphatic rings. The number of halogens is 4. The zero-order valence-corrected chi connectivity index (χ0v) is 46.9. The maximum absolute atomic E-state index is 15.6. The molecule has 0 saturated heterocycles. The van der Waals surface area contributed by atoms with E-state index in [2.05, 4.69) is 101 Å². The average Bonchev–Trinajstić information content (AvgIpc) is 1.54. The highest BCUT2D eigenvalue weighted by molar-refractivity contribution is 6.30. The molecule has 0 fully saturated rings. The summed E-state index contributed by atoms with van der Waals surface area (Å²) < 4.78 is 66.4. The van der Waals surface area contributed by atoms with E-state index >= 15 is 17.6 Å². The van der Waals surface area contributed by atoms with E-state index in [4.69, 9.17) is 0 Å². The monoisotopic (exact) mass is 1140 g/mol. The molecule has 17 rings (SSSR count). The van der Waals surface area contributed by atoms with Crippen molar-refractivity contribution in [3.05, 3.63) is 314 Å². The van der Waals surface area contributed by atoms with Gasteiger partial charge in [-0.05, 0) is 194 Å². The number of rotatable bonds is 12. The zero-order chi connectivity index (χ0) is 58.7. The van der Waals surface area contributed by atoms with Crippen LogP contribution < -0.4 is 19.6 Å². The van der Waals surface area contributed by atoms with E-state index in [9.17, 15) is 0 Å². The smallest absolute Gasteiger partial charge is 0.125 e. The van der Waals surface area contributed by atoms with Crippen molar-refractivity contribution in [3.8, 4) is 0 Å². The van der Waals surface area contributed by atoms with E-state index in [1.54, 1.807) is 48.5 Å². The highest BCUT2D eigenvalue weighted by Gasteiger charge is 2.28. The molecule has 17 aromatic rings. The molecular weight excluding hydrogens is 1100 g/mol. The molecule has 13 aromatic carbocycles. The molecule has 0 N–H and O–H groups in total. The quantitative estimate of drug-likeness (QED) is 0.114. The van der Waals surface area contributed by atoms with Crippen LogP contribution in [0.5, 0.6) is 0 Å². The standard InChI is InChI=1S/C78H48F4N6/c79-49-17-13-29-57(37-49)83(53-21-5-1-6-22-53)61-33-35-73-65(41-61)69-43-63(85(55-25-9-3-10-26-55)59-31-15-19-51(81)39-59)45-71-67-47-68-72-46-64(86(56-27-11-4-12-28-56)60-32-16-20-52(82)40-60)44-70-66-42-62(84(54-23-7-2-8-24-54)58-30-14-18-50(80)38-58)34-36-74(66)88(78(70)72)76(68)48-75(67)87(73)77(69)71/h1-48H. The van der Waals surface area contributed by atoms with Crippen molar-refractivity contribution in [3.63, 3.8) is 0 Å². The van der Waals surface area contributed by atoms with Gasteiger partial charge in [0.2, 0.25) is 0 Å². The van der Waals surface area contributed by atoms with Gasteiger partial charge < -0.3 is 28.4 Å². The van der Waals surface area contributed by atoms with Gasteiger partial charge in [-0.25, -0.2) is 17.6 Å². The van der Waals surface area contributed by atoms with E-state index in [1.807, 2.05) is 146 Å². The minimum absolute atomic E-state index is 0.341. The van der Waals surface area contributed by atoms with Gasteiger partial charge in [0, 0.05) is 111 Å². The number of fused-ring (bicyclic) bond motifs is 12. The first-order valence-corrected chi connectivity index (χ1v) is 29.1. The van der Waals surface area contributed by atoms with Gasteiger partial charge in [0.1, 0.15) is 23.3 Å². The number of hydrogen-bond donors (Lipinski definition) is 0. The van der Waals surface area contributed by atoms with Gasteiger partial charge in [0.15, 0.2) is 0 Å². The van der Waals surface area contributed by atoms with Gasteiger partial charge in [-0.3, -0.25) is 0 Å². The van der Waals surface area contributed by atoms with Crippen LogP contribution in [0.1, 0.15) is 0 Å². The molecule has 0 aliphatic carbocycles. The Morgan fingerprint density at radius 2 is 0.432 bits per heavy atom. The molecule has 418 valence electrons. The lowest BCUT2D eigenvalue weighted by atomic mass is 10.0. The molecule has 0 amide bonds. The van der Waals surface area contributed by atoms with Crippen molar-refractivity contribution >= 4 is 144 Å². The van der Waals surface area contributed by atoms with Gasteiger partial charge >= 0.3 is 0 Å². The van der Waals surface area contributed by atoms with Crippen LogP contribution in [0.2, 0.25) is 0 Å². The fraction of sp³-hybridized carbons (Fsp3) is 0. The number of benzene rings is 13. The maximum Gasteiger partial charge on any atom is 0.125 e. The molecule has 0 radical (unpaired) electrons. The first kappa shape index (κ1) is 50.9. The van der Waals surface area contributed by atoms with Crippen LogP contribution >= 0.6 is 0 Å². The summed E-state index contributed by atoms with van der Waals surface area (Å²) in [5.74, 6) is -1.39. The lowest BCUT2D eigenvalue weighted by molar-refractivity contribution is 0.627. The second-order valence-corrected chi connectivity index (χ2v) is 22.3. The molecule has 0 spiro atoms. The molecule has 0 bridgehead atoms. The predicted molar refractivity (Wildman–Crippen MR) is 354 cm³/mol. The largest absolute Gasteiger partial charge is 0.310 e.